The number of benzene rings is 1. The Hall–Kier alpha value is -0.810. The Labute approximate surface area is 121 Å². The standard InChI is InChI=1S/C10H9F2IO5S/c1-6(10(11,12)19(15,16)17)18-9(14)7-2-4-8(13)5-3-7/h2-6H,1H3,(H,15,16,17). The van der Waals surface area contributed by atoms with Crippen molar-refractivity contribution in [3.05, 3.63) is 33.4 Å². The number of rotatable bonds is 4. The van der Waals surface area contributed by atoms with Gasteiger partial charge < -0.3 is 4.74 Å². The van der Waals surface area contributed by atoms with Crippen molar-refractivity contribution in [1.82, 2.24) is 0 Å². The second-order valence-electron chi connectivity index (χ2n) is 3.59. The fourth-order valence-electron chi connectivity index (χ4n) is 1.09. The highest BCUT2D eigenvalue weighted by Gasteiger charge is 2.52. The minimum Gasteiger partial charge on any atom is -0.451 e. The second kappa shape index (κ2) is 5.67. The van der Waals surface area contributed by atoms with E-state index in [1.165, 1.54) is 12.1 Å². The molecule has 1 rings (SSSR count). The number of hydrogen-bond acceptors (Lipinski definition) is 4. The van der Waals surface area contributed by atoms with Crippen LogP contribution in [0.25, 0.3) is 0 Å². The minimum absolute atomic E-state index is 0.00148. The Morgan fingerprint density at radius 3 is 2.26 bits per heavy atom. The Kier molecular flexibility index (Phi) is 4.85. The van der Waals surface area contributed by atoms with Gasteiger partial charge in [-0.3, -0.25) is 4.55 Å². The summed E-state index contributed by atoms with van der Waals surface area (Å²) in [7, 11) is -5.65. The summed E-state index contributed by atoms with van der Waals surface area (Å²) in [5.41, 5.74) is -0.00148. The smallest absolute Gasteiger partial charge is 0.405 e. The molecule has 0 aliphatic rings. The Bertz CT molecular complexity index is 570. The van der Waals surface area contributed by atoms with Crippen molar-refractivity contribution in [2.45, 2.75) is 18.3 Å². The van der Waals surface area contributed by atoms with Crippen LogP contribution in [0.5, 0.6) is 0 Å². The van der Waals surface area contributed by atoms with Crippen LogP contribution in [0.3, 0.4) is 0 Å². The van der Waals surface area contributed by atoms with E-state index < -0.39 is 27.4 Å². The molecule has 5 nitrogen and oxygen atoms in total. The second-order valence-corrected chi connectivity index (χ2v) is 6.33. The van der Waals surface area contributed by atoms with E-state index in [2.05, 4.69) is 4.74 Å². The van der Waals surface area contributed by atoms with Crippen LogP contribution in [0.1, 0.15) is 17.3 Å². The molecule has 19 heavy (non-hydrogen) atoms. The van der Waals surface area contributed by atoms with Crippen LogP contribution in [0.4, 0.5) is 8.78 Å². The molecule has 1 atom stereocenters. The summed E-state index contributed by atoms with van der Waals surface area (Å²) >= 11 is 1.98. The Morgan fingerprint density at radius 2 is 1.84 bits per heavy atom. The zero-order chi connectivity index (χ0) is 14.8. The first kappa shape index (κ1) is 16.2. The lowest BCUT2D eigenvalue weighted by atomic mass is 10.2. The molecule has 0 aliphatic heterocycles. The molecule has 0 saturated carbocycles. The normalized spacial score (nSPS) is 13.9. The van der Waals surface area contributed by atoms with Crippen LogP contribution in [-0.2, 0) is 14.9 Å². The van der Waals surface area contributed by atoms with Crippen LogP contribution >= 0.6 is 22.6 Å². The number of carbonyl (C=O) groups excluding carboxylic acids is 1. The molecule has 0 aliphatic carbocycles. The highest BCUT2D eigenvalue weighted by molar-refractivity contribution is 14.1. The predicted octanol–water partition coefficient (Wildman–Crippen LogP) is 2.32. The van der Waals surface area contributed by atoms with Gasteiger partial charge in [0.15, 0.2) is 6.10 Å². The van der Waals surface area contributed by atoms with Gasteiger partial charge in [-0.1, -0.05) is 0 Å². The zero-order valence-electron chi connectivity index (χ0n) is 9.51. The van der Waals surface area contributed by atoms with Gasteiger partial charge in [0.1, 0.15) is 0 Å². The van der Waals surface area contributed by atoms with Crippen LogP contribution in [-0.4, -0.2) is 30.3 Å². The highest BCUT2D eigenvalue weighted by Crippen LogP contribution is 2.27. The summed E-state index contributed by atoms with van der Waals surface area (Å²) in [6.07, 6.45) is -2.31. The van der Waals surface area contributed by atoms with Gasteiger partial charge in [-0.25, -0.2) is 4.79 Å². The first-order valence-corrected chi connectivity index (χ1v) is 7.39. The summed E-state index contributed by atoms with van der Waals surface area (Å²) in [5.74, 6) is -1.10. The molecule has 9 heteroatoms. The highest BCUT2D eigenvalue weighted by atomic mass is 127. The number of ether oxygens (including phenoxy) is 1. The molecule has 1 N–H and O–H groups in total. The minimum atomic E-state index is -5.65. The van der Waals surface area contributed by atoms with Crippen LogP contribution < -0.4 is 0 Å². The van der Waals surface area contributed by atoms with Gasteiger partial charge >= 0.3 is 21.3 Å². The summed E-state index contributed by atoms with van der Waals surface area (Å²) < 4.78 is 60.8. The predicted molar refractivity (Wildman–Crippen MR) is 70.5 cm³/mol. The Morgan fingerprint density at radius 1 is 1.37 bits per heavy atom. The van der Waals surface area contributed by atoms with E-state index in [0.717, 1.165) is 3.57 Å². The molecule has 0 bridgehead atoms. The summed E-state index contributed by atoms with van der Waals surface area (Å²) in [5, 5.41) is -4.56. The number of carbonyl (C=O) groups is 1. The fourth-order valence-corrected chi connectivity index (χ4v) is 1.92. The van der Waals surface area contributed by atoms with Crippen LogP contribution in [0.2, 0.25) is 0 Å². The fraction of sp³-hybridized carbons (Fsp3) is 0.300. The zero-order valence-corrected chi connectivity index (χ0v) is 12.5. The van der Waals surface area contributed by atoms with Crippen molar-refractivity contribution in [2.24, 2.45) is 0 Å². The van der Waals surface area contributed by atoms with E-state index in [0.29, 0.717) is 6.92 Å². The summed E-state index contributed by atoms with van der Waals surface area (Å²) in [6, 6.07) is 5.82. The molecular formula is C10H9F2IO5S. The van der Waals surface area contributed by atoms with Gasteiger partial charge in [0, 0.05) is 3.57 Å². The van der Waals surface area contributed by atoms with Crippen molar-refractivity contribution >= 4 is 38.7 Å². The van der Waals surface area contributed by atoms with Crippen molar-refractivity contribution < 1.29 is 31.3 Å². The molecule has 1 unspecified atom stereocenters. The van der Waals surface area contributed by atoms with Crippen molar-refractivity contribution in [2.75, 3.05) is 0 Å². The van der Waals surface area contributed by atoms with Crippen molar-refractivity contribution in [3.63, 3.8) is 0 Å². The largest absolute Gasteiger partial charge is 0.451 e. The third-order valence-corrected chi connectivity index (χ3v) is 3.92. The van der Waals surface area contributed by atoms with Gasteiger partial charge in [-0.15, -0.1) is 0 Å². The lowest BCUT2D eigenvalue weighted by molar-refractivity contribution is -0.0549. The lowest BCUT2D eigenvalue weighted by Gasteiger charge is -2.20. The summed E-state index contributed by atoms with van der Waals surface area (Å²) in [4.78, 5) is 11.5. The molecule has 1 aromatic rings. The van der Waals surface area contributed by atoms with Crippen LogP contribution in [0.15, 0.2) is 24.3 Å². The van der Waals surface area contributed by atoms with Crippen molar-refractivity contribution in [3.8, 4) is 0 Å². The van der Waals surface area contributed by atoms with Gasteiger partial charge in [-0.05, 0) is 53.8 Å². The van der Waals surface area contributed by atoms with E-state index >= 15 is 0 Å². The summed E-state index contributed by atoms with van der Waals surface area (Å²) in [6.45, 7) is 0.679. The molecule has 0 fully saturated rings. The van der Waals surface area contributed by atoms with Crippen LogP contribution in [0, 0.1) is 3.57 Å². The number of halogens is 3. The number of esters is 1. The molecule has 106 valence electrons. The lowest BCUT2D eigenvalue weighted by Crippen LogP contribution is -2.42. The van der Waals surface area contributed by atoms with Gasteiger partial charge in [0.05, 0.1) is 5.56 Å². The average Bonchev–Trinajstić information content (AvgIpc) is 2.28. The quantitative estimate of drug-likeness (QED) is 0.472. The molecule has 1 aromatic carbocycles. The molecule has 0 spiro atoms. The molecule has 0 aromatic heterocycles. The average molecular weight is 406 g/mol. The third-order valence-electron chi connectivity index (χ3n) is 2.18. The first-order chi connectivity index (χ1) is 8.55. The Balaban J connectivity index is 2.86. The monoisotopic (exact) mass is 406 g/mol. The van der Waals surface area contributed by atoms with E-state index in [1.807, 2.05) is 22.6 Å². The molecule has 0 heterocycles. The molecule has 0 saturated heterocycles. The van der Waals surface area contributed by atoms with E-state index in [9.17, 15) is 22.0 Å². The van der Waals surface area contributed by atoms with E-state index in [1.54, 1.807) is 12.1 Å². The maximum atomic E-state index is 13.1. The SMILES string of the molecule is CC(OC(=O)c1ccc(I)cc1)C(F)(F)S(=O)(=O)O. The molecular weight excluding hydrogens is 397 g/mol. The maximum absolute atomic E-state index is 13.1. The van der Waals surface area contributed by atoms with Gasteiger partial charge in [0.2, 0.25) is 0 Å². The third kappa shape index (κ3) is 3.83. The number of hydrogen-bond donors (Lipinski definition) is 1. The van der Waals surface area contributed by atoms with E-state index in [4.69, 9.17) is 4.55 Å². The topological polar surface area (TPSA) is 80.7 Å². The molecule has 0 radical (unpaired) electrons. The maximum Gasteiger partial charge on any atom is 0.405 e. The van der Waals surface area contributed by atoms with Gasteiger partial charge in [-0.2, -0.15) is 17.2 Å². The first-order valence-electron chi connectivity index (χ1n) is 4.87. The molecule has 0 amide bonds. The number of alkyl halides is 2. The van der Waals surface area contributed by atoms with E-state index in [-0.39, 0.29) is 5.56 Å². The van der Waals surface area contributed by atoms with Crippen molar-refractivity contribution in [1.29, 1.82) is 0 Å². The van der Waals surface area contributed by atoms with Gasteiger partial charge in [0.25, 0.3) is 0 Å².